The zero-order chi connectivity index (χ0) is 14.5. The SMILES string of the molecule is Cc1ccccc1CSCC(=O)c1cc(Cl)ccc1Cl. The van der Waals surface area contributed by atoms with Crippen molar-refractivity contribution in [1.29, 1.82) is 0 Å². The lowest BCUT2D eigenvalue weighted by Crippen LogP contribution is -2.04. The highest BCUT2D eigenvalue weighted by atomic mass is 35.5. The Hall–Kier alpha value is -0.960. The maximum absolute atomic E-state index is 12.1. The fourth-order valence-electron chi connectivity index (χ4n) is 1.81. The summed E-state index contributed by atoms with van der Waals surface area (Å²) in [5, 5.41) is 0.984. The molecule has 2 aromatic rings. The molecule has 0 aliphatic heterocycles. The first-order valence-corrected chi connectivity index (χ1v) is 8.09. The third-order valence-electron chi connectivity index (χ3n) is 2.98. The molecule has 0 spiro atoms. The van der Waals surface area contributed by atoms with Gasteiger partial charge in [-0.25, -0.2) is 0 Å². The van der Waals surface area contributed by atoms with Gasteiger partial charge < -0.3 is 0 Å². The minimum Gasteiger partial charge on any atom is -0.293 e. The normalized spacial score (nSPS) is 10.6. The van der Waals surface area contributed by atoms with E-state index in [1.165, 1.54) is 11.1 Å². The molecule has 0 heterocycles. The third-order valence-corrected chi connectivity index (χ3v) is 4.53. The Balaban J connectivity index is 1.96. The number of carbonyl (C=O) groups excluding carboxylic acids is 1. The zero-order valence-electron chi connectivity index (χ0n) is 11.0. The fraction of sp³-hybridized carbons (Fsp3) is 0.188. The van der Waals surface area contributed by atoms with Crippen molar-refractivity contribution in [3.63, 3.8) is 0 Å². The molecule has 0 saturated carbocycles. The maximum atomic E-state index is 12.1. The summed E-state index contributed by atoms with van der Waals surface area (Å²) in [5.74, 6) is 1.22. The van der Waals surface area contributed by atoms with Crippen molar-refractivity contribution in [2.45, 2.75) is 12.7 Å². The van der Waals surface area contributed by atoms with Crippen LogP contribution in [-0.2, 0) is 5.75 Å². The lowest BCUT2D eigenvalue weighted by molar-refractivity contribution is 0.102. The van der Waals surface area contributed by atoms with Gasteiger partial charge in [-0.05, 0) is 36.2 Å². The molecular formula is C16H14Cl2OS. The van der Waals surface area contributed by atoms with E-state index < -0.39 is 0 Å². The number of ketones is 1. The molecule has 0 atom stereocenters. The molecular weight excluding hydrogens is 311 g/mol. The second-order valence-electron chi connectivity index (χ2n) is 4.47. The van der Waals surface area contributed by atoms with Crippen LogP contribution in [0.15, 0.2) is 42.5 Å². The van der Waals surface area contributed by atoms with Crippen molar-refractivity contribution in [1.82, 2.24) is 0 Å². The minimum absolute atomic E-state index is 0.0103. The second kappa shape index (κ2) is 7.16. The third kappa shape index (κ3) is 4.02. The topological polar surface area (TPSA) is 17.1 Å². The van der Waals surface area contributed by atoms with Crippen LogP contribution in [0.1, 0.15) is 21.5 Å². The average Bonchev–Trinajstić information content (AvgIpc) is 2.43. The number of carbonyl (C=O) groups is 1. The Labute approximate surface area is 133 Å². The van der Waals surface area contributed by atoms with Gasteiger partial charge in [0.15, 0.2) is 5.78 Å². The molecule has 104 valence electrons. The summed E-state index contributed by atoms with van der Waals surface area (Å²) < 4.78 is 0. The van der Waals surface area contributed by atoms with Gasteiger partial charge in [-0.15, -0.1) is 11.8 Å². The van der Waals surface area contributed by atoms with Gasteiger partial charge in [-0.2, -0.15) is 0 Å². The zero-order valence-corrected chi connectivity index (χ0v) is 13.4. The number of hydrogen-bond donors (Lipinski definition) is 0. The molecule has 0 N–H and O–H groups in total. The Morgan fingerprint density at radius 1 is 1.15 bits per heavy atom. The van der Waals surface area contributed by atoms with E-state index in [0.29, 0.717) is 21.4 Å². The smallest absolute Gasteiger partial charge is 0.174 e. The van der Waals surface area contributed by atoms with Crippen LogP contribution in [-0.4, -0.2) is 11.5 Å². The van der Waals surface area contributed by atoms with Crippen molar-refractivity contribution >= 4 is 40.7 Å². The average molecular weight is 325 g/mol. The summed E-state index contributed by atoms with van der Waals surface area (Å²) in [7, 11) is 0. The van der Waals surface area contributed by atoms with Crippen molar-refractivity contribution in [3.8, 4) is 0 Å². The van der Waals surface area contributed by atoms with Crippen LogP contribution < -0.4 is 0 Å². The van der Waals surface area contributed by atoms with E-state index in [1.54, 1.807) is 30.0 Å². The van der Waals surface area contributed by atoms with Crippen LogP contribution in [0.2, 0.25) is 10.0 Å². The number of benzene rings is 2. The number of halogens is 2. The Kier molecular flexibility index (Phi) is 5.53. The summed E-state index contributed by atoms with van der Waals surface area (Å²) >= 11 is 13.5. The van der Waals surface area contributed by atoms with Crippen LogP contribution >= 0.6 is 35.0 Å². The predicted octanol–water partition coefficient (Wildman–Crippen LogP) is 5.42. The van der Waals surface area contributed by atoms with Gasteiger partial charge in [-0.3, -0.25) is 4.79 Å². The highest BCUT2D eigenvalue weighted by molar-refractivity contribution is 7.99. The molecule has 0 unspecified atom stereocenters. The van der Waals surface area contributed by atoms with Gasteiger partial charge in [0.1, 0.15) is 0 Å². The van der Waals surface area contributed by atoms with Crippen LogP contribution in [0.3, 0.4) is 0 Å². The molecule has 4 heteroatoms. The van der Waals surface area contributed by atoms with Crippen molar-refractivity contribution in [2.24, 2.45) is 0 Å². The van der Waals surface area contributed by atoms with E-state index >= 15 is 0 Å². The van der Waals surface area contributed by atoms with E-state index in [2.05, 4.69) is 19.1 Å². The maximum Gasteiger partial charge on any atom is 0.174 e. The highest BCUT2D eigenvalue weighted by Gasteiger charge is 2.11. The summed E-state index contributed by atoms with van der Waals surface area (Å²) in [4.78, 5) is 12.1. The Morgan fingerprint density at radius 2 is 1.90 bits per heavy atom. The molecule has 0 fully saturated rings. The van der Waals surface area contributed by atoms with Crippen molar-refractivity contribution in [2.75, 3.05) is 5.75 Å². The van der Waals surface area contributed by atoms with Gasteiger partial charge in [0.2, 0.25) is 0 Å². The summed E-state index contributed by atoms with van der Waals surface area (Å²) in [6.45, 7) is 2.07. The first-order valence-electron chi connectivity index (χ1n) is 6.18. The summed E-state index contributed by atoms with van der Waals surface area (Å²) in [6, 6.07) is 13.1. The van der Waals surface area contributed by atoms with E-state index in [0.717, 1.165) is 5.75 Å². The van der Waals surface area contributed by atoms with E-state index in [-0.39, 0.29) is 5.78 Å². The number of aryl methyl sites for hydroxylation is 1. The van der Waals surface area contributed by atoms with Gasteiger partial charge >= 0.3 is 0 Å². The van der Waals surface area contributed by atoms with Crippen LogP contribution in [0.4, 0.5) is 0 Å². The van der Waals surface area contributed by atoms with Gasteiger partial charge in [-0.1, -0.05) is 47.5 Å². The molecule has 0 amide bonds. The molecule has 0 aliphatic carbocycles. The lowest BCUT2D eigenvalue weighted by Gasteiger charge is -2.06. The van der Waals surface area contributed by atoms with Gasteiger partial charge in [0, 0.05) is 16.3 Å². The molecule has 20 heavy (non-hydrogen) atoms. The molecule has 1 nitrogen and oxygen atoms in total. The molecule has 0 saturated heterocycles. The molecule has 2 rings (SSSR count). The Morgan fingerprint density at radius 3 is 2.65 bits per heavy atom. The van der Waals surface area contributed by atoms with Crippen molar-refractivity contribution < 1.29 is 4.79 Å². The van der Waals surface area contributed by atoms with Crippen LogP contribution in [0.25, 0.3) is 0 Å². The molecule has 0 aromatic heterocycles. The van der Waals surface area contributed by atoms with E-state index in [1.807, 2.05) is 12.1 Å². The lowest BCUT2D eigenvalue weighted by atomic mass is 10.1. The summed E-state index contributed by atoms with van der Waals surface area (Å²) in [5.41, 5.74) is 2.99. The highest BCUT2D eigenvalue weighted by Crippen LogP contribution is 2.23. The van der Waals surface area contributed by atoms with Gasteiger partial charge in [0.25, 0.3) is 0 Å². The number of Topliss-reactive ketones (excluding diaryl/α,β-unsaturated/α-hetero) is 1. The van der Waals surface area contributed by atoms with Crippen molar-refractivity contribution in [3.05, 3.63) is 69.2 Å². The fourth-order valence-corrected chi connectivity index (χ4v) is 3.20. The first-order chi connectivity index (χ1) is 9.58. The molecule has 0 radical (unpaired) electrons. The van der Waals surface area contributed by atoms with Crippen LogP contribution in [0.5, 0.6) is 0 Å². The first kappa shape index (κ1) is 15.4. The second-order valence-corrected chi connectivity index (χ2v) is 6.30. The summed E-state index contributed by atoms with van der Waals surface area (Å²) in [6.07, 6.45) is 0. The monoisotopic (exact) mass is 324 g/mol. The quantitative estimate of drug-likeness (QED) is 0.683. The molecule has 0 bridgehead atoms. The largest absolute Gasteiger partial charge is 0.293 e. The standard InChI is InChI=1S/C16H14Cl2OS/c1-11-4-2-3-5-12(11)9-20-10-16(19)14-8-13(17)6-7-15(14)18/h2-8H,9-10H2,1H3. The predicted molar refractivity (Wildman–Crippen MR) is 88.1 cm³/mol. The minimum atomic E-state index is 0.0103. The number of rotatable bonds is 5. The molecule has 2 aromatic carbocycles. The van der Waals surface area contributed by atoms with E-state index in [9.17, 15) is 4.79 Å². The molecule has 0 aliphatic rings. The Bertz CT molecular complexity index is 626. The number of thioether (sulfide) groups is 1. The van der Waals surface area contributed by atoms with Crippen LogP contribution in [0, 0.1) is 6.92 Å². The number of hydrogen-bond acceptors (Lipinski definition) is 2. The van der Waals surface area contributed by atoms with E-state index in [4.69, 9.17) is 23.2 Å². The van der Waals surface area contributed by atoms with Gasteiger partial charge in [0.05, 0.1) is 10.8 Å².